The molecule has 2 atom stereocenters. The minimum atomic E-state index is 0.581. The van der Waals surface area contributed by atoms with Gasteiger partial charge < -0.3 is 11.1 Å². The third-order valence-corrected chi connectivity index (χ3v) is 6.33. The van der Waals surface area contributed by atoms with Crippen LogP contribution in [0.2, 0.25) is 0 Å². The Balaban J connectivity index is 1.46. The van der Waals surface area contributed by atoms with Gasteiger partial charge in [-0.05, 0) is 80.2 Å². The Hall–Kier alpha value is 0.270. The van der Waals surface area contributed by atoms with Crippen molar-refractivity contribution in [1.82, 2.24) is 5.32 Å². The van der Waals surface area contributed by atoms with Crippen LogP contribution in [-0.4, -0.2) is 30.6 Å². The predicted molar refractivity (Wildman–Crippen MR) is 79.8 cm³/mol. The molecule has 1 saturated heterocycles. The van der Waals surface area contributed by atoms with E-state index >= 15 is 0 Å². The fourth-order valence-corrected chi connectivity index (χ4v) is 4.82. The molecule has 2 saturated carbocycles. The summed E-state index contributed by atoms with van der Waals surface area (Å²) in [5, 5.41) is 3.84. The van der Waals surface area contributed by atoms with Crippen LogP contribution in [0.3, 0.4) is 0 Å². The third-order valence-electron chi connectivity index (χ3n) is 5.09. The van der Waals surface area contributed by atoms with E-state index in [1.165, 1.54) is 56.6 Å². The van der Waals surface area contributed by atoms with Crippen molar-refractivity contribution < 1.29 is 0 Å². The van der Waals surface area contributed by atoms with Crippen molar-refractivity contribution in [2.45, 2.75) is 44.6 Å². The first-order valence-electron chi connectivity index (χ1n) is 7.89. The number of hydrogen-bond donors (Lipinski definition) is 2. The molecular weight excluding hydrogens is 240 g/mol. The van der Waals surface area contributed by atoms with Crippen molar-refractivity contribution in [2.24, 2.45) is 29.4 Å². The summed E-state index contributed by atoms with van der Waals surface area (Å²) in [6.07, 6.45) is 8.76. The summed E-state index contributed by atoms with van der Waals surface area (Å²) >= 11 is 2.12. The van der Waals surface area contributed by atoms with E-state index in [9.17, 15) is 0 Å². The van der Waals surface area contributed by atoms with E-state index in [0.717, 1.165) is 30.2 Å². The van der Waals surface area contributed by atoms with Gasteiger partial charge in [0.2, 0.25) is 0 Å². The van der Waals surface area contributed by atoms with Gasteiger partial charge in [-0.1, -0.05) is 0 Å². The van der Waals surface area contributed by atoms with Crippen molar-refractivity contribution >= 4 is 11.8 Å². The van der Waals surface area contributed by atoms with Crippen LogP contribution in [0.1, 0.15) is 38.5 Å². The van der Waals surface area contributed by atoms with Gasteiger partial charge in [0.15, 0.2) is 0 Å². The molecule has 3 rings (SSSR count). The normalized spacial score (nSPS) is 30.7. The minimum Gasteiger partial charge on any atom is -0.329 e. The average molecular weight is 268 g/mol. The largest absolute Gasteiger partial charge is 0.329 e. The molecule has 104 valence electrons. The minimum absolute atomic E-state index is 0.581. The Morgan fingerprint density at radius 2 is 1.78 bits per heavy atom. The molecule has 0 aromatic carbocycles. The zero-order chi connectivity index (χ0) is 12.4. The second-order valence-electron chi connectivity index (χ2n) is 6.57. The van der Waals surface area contributed by atoms with Crippen LogP contribution >= 0.6 is 11.8 Å². The lowest BCUT2D eigenvalue weighted by atomic mass is 9.93. The van der Waals surface area contributed by atoms with Gasteiger partial charge in [0.05, 0.1) is 0 Å². The molecule has 2 nitrogen and oxygen atoms in total. The van der Waals surface area contributed by atoms with Gasteiger partial charge in [-0.15, -0.1) is 0 Å². The van der Waals surface area contributed by atoms with E-state index in [0.29, 0.717) is 6.04 Å². The second kappa shape index (κ2) is 6.15. The molecule has 0 aromatic heterocycles. The monoisotopic (exact) mass is 268 g/mol. The molecule has 3 aliphatic rings. The van der Waals surface area contributed by atoms with Crippen molar-refractivity contribution in [3.8, 4) is 0 Å². The maximum absolute atomic E-state index is 6.00. The van der Waals surface area contributed by atoms with Crippen LogP contribution < -0.4 is 11.1 Å². The van der Waals surface area contributed by atoms with Crippen molar-refractivity contribution in [3.05, 3.63) is 0 Å². The molecule has 1 heterocycles. The van der Waals surface area contributed by atoms with Crippen LogP contribution in [0.15, 0.2) is 0 Å². The fraction of sp³-hybridized carbons (Fsp3) is 1.00. The van der Waals surface area contributed by atoms with E-state index in [4.69, 9.17) is 5.73 Å². The summed E-state index contributed by atoms with van der Waals surface area (Å²) in [4.78, 5) is 0. The Kier molecular flexibility index (Phi) is 4.53. The van der Waals surface area contributed by atoms with Gasteiger partial charge in [0.25, 0.3) is 0 Å². The maximum Gasteiger partial charge on any atom is 0.0226 e. The van der Waals surface area contributed by atoms with Gasteiger partial charge in [0, 0.05) is 12.6 Å². The van der Waals surface area contributed by atoms with Gasteiger partial charge in [-0.3, -0.25) is 0 Å². The number of thioether (sulfide) groups is 1. The van der Waals surface area contributed by atoms with Crippen LogP contribution in [0.5, 0.6) is 0 Å². The molecule has 3 N–H and O–H groups in total. The smallest absolute Gasteiger partial charge is 0.0226 e. The highest BCUT2D eigenvalue weighted by atomic mass is 32.2. The Labute approximate surface area is 116 Å². The maximum atomic E-state index is 6.00. The first-order valence-corrected chi connectivity index (χ1v) is 9.05. The molecule has 2 unspecified atom stereocenters. The number of nitrogens with one attached hydrogen (secondary N) is 1. The number of hydrogen-bond acceptors (Lipinski definition) is 3. The number of nitrogens with two attached hydrogens (primary N) is 1. The second-order valence-corrected chi connectivity index (χ2v) is 7.72. The quantitative estimate of drug-likeness (QED) is 0.745. The molecule has 3 heteroatoms. The van der Waals surface area contributed by atoms with E-state index in [1.807, 2.05) is 0 Å². The zero-order valence-electron chi connectivity index (χ0n) is 11.4. The fourth-order valence-electron chi connectivity index (χ4n) is 3.58. The van der Waals surface area contributed by atoms with Gasteiger partial charge in [-0.25, -0.2) is 0 Å². The third kappa shape index (κ3) is 3.43. The SMILES string of the molecule is NCC(NCC(C1CC1)C1CC1)C1CCCSC1. The number of rotatable bonds is 7. The Bertz CT molecular complexity index is 245. The van der Waals surface area contributed by atoms with E-state index in [-0.39, 0.29) is 0 Å². The lowest BCUT2D eigenvalue weighted by Gasteiger charge is -2.31. The first-order chi connectivity index (χ1) is 8.88. The summed E-state index contributed by atoms with van der Waals surface area (Å²) in [5.41, 5.74) is 6.00. The molecule has 0 aromatic rings. The van der Waals surface area contributed by atoms with E-state index in [2.05, 4.69) is 17.1 Å². The summed E-state index contributed by atoms with van der Waals surface area (Å²) in [5.74, 6) is 6.61. The summed E-state index contributed by atoms with van der Waals surface area (Å²) in [6, 6.07) is 0.581. The summed E-state index contributed by atoms with van der Waals surface area (Å²) in [6.45, 7) is 2.08. The summed E-state index contributed by atoms with van der Waals surface area (Å²) in [7, 11) is 0. The molecule has 1 aliphatic heterocycles. The molecule has 0 amide bonds. The van der Waals surface area contributed by atoms with Crippen molar-refractivity contribution in [2.75, 3.05) is 24.6 Å². The van der Waals surface area contributed by atoms with Gasteiger partial charge >= 0.3 is 0 Å². The highest BCUT2D eigenvalue weighted by Crippen LogP contribution is 2.48. The van der Waals surface area contributed by atoms with E-state index < -0.39 is 0 Å². The molecular formula is C15H28N2S. The molecule has 2 aliphatic carbocycles. The van der Waals surface area contributed by atoms with E-state index in [1.54, 1.807) is 0 Å². The van der Waals surface area contributed by atoms with Crippen molar-refractivity contribution in [3.63, 3.8) is 0 Å². The average Bonchev–Trinajstić information content (AvgIpc) is 3.29. The molecule has 0 bridgehead atoms. The highest BCUT2D eigenvalue weighted by molar-refractivity contribution is 7.99. The topological polar surface area (TPSA) is 38.0 Å². The Morgan fingerprint density at radius 1 is 1.06 bits per heavy atom. The van der Waals surface area contributed by atoms with Crippen molar-refractivity contribution in [1.29, 1.82) is 0 Å². The standard InChI is InChI=1S/C15H28N2S/c16-8-15(13-2-1-7-18-10-13)17-9-14(11-3-4-11)12-5-6-12/h11-15,17H,1-10,16H2. The molecule has 0 spiro atoms. The van der Waals surface area contributed by atoms with Crippen LogP contribution in [0.25, 0.3) is 0 Å². The lowest BCUT2D eigenvalue weighted by molar-refractivity contribution is 0.306. The van der Waals surface area contributed by atoms with Gasteiger partial charge in [0.1, 0.15) is 0 Å². The zero-order valence-corrected chi connectivity index (χ0v) is 12.3. The van der Waals surface area contributed by atoms with Crippen LogP contribution in [0.4, 0.5) is 0 Å². The lowest BCUT2D eigenvalue weighted by Crippen LogP contribution is -2.46. The van der Waals surface area contributed by atoms with Gasteiger partial charge in [-0.2, -0.15) is 11.8 Å². The molecule has 3 fully saturated rings. The van der Waals surface area contributed by atoms with Crippen LogP contribution in [0, 0.1) is 23.7 Å². The highest BCUT2D eigenvalue weighted by Gasteiger charge is 2.41. The summed E-state index contributed by atoms with van der Waals surface area (Å²) < 4.78 is 0. The molecule has 18 heavy (non-hydrogen) atoms. The predicted octanol–water partition coefficient (Wildman–Crippen LogP) is 2.48. The Morgan fingerprint density at radius 3 is 2.28 bits per heavy atom. The molecule has 0 radical (unpaired) electrons. The first kappa shape index (κ1) is 13.3. The van der Waals surface area contributed by atoms with Crippen LogP contribution in [-0.2, 0) is 0 Å².